The molecule has 0 aliphatic heterocycles. The second kappa shape index (κ2) is 5.63. The molecule has 2 aromatic heterocycles. The third kappa shape index (κ3) is 3.07. The largest absolute Gasteiger partial charge is 0.394 e. The van der Waals surface area contributed by atoms with Gasteiger partial charge in [0.1, 0.15) is 11.5 Å². The molecule has 0 unspecified atom stereocenters. The number of nitrogens with zero attached hydrogens (tertiary/aromatic N) is 5. The summed E-state index contributed by atoms with van der Waals surface area (Å²) in [6.45, 7) is 5.26. The smallest absolute Gasteiger partial charge is 0.148 e. The summed E-state index contributed by atoms with van der Waals surface area (Å²) in [6.07, 6.45) is 3.75. The standard InChI is InChI=1S/C11H18N6O/c1-9(2)17-4-3-11(14-17)12-7-10-8-16(5-6-18)15-13-10/h3-4,8-9,18H,5-7H2,1-2H3,(H,12,14). The summed E-state index contributed by atoms with van der Waals surface area (Å²) in [7, 11) is 0. The van der Waals surface area contributed by atoms with E-state index >= 15 is 0 Å². The molecule has 0 fully saturated rings. The fraction of sp³-hybridized carbons (Fsp3) is 0.545. The minimum absolute atomic E-state index is 0.0645. The fourth-order valence-corrected chi connectivity index (χ4v) is 1.53. The van der Waals surface area contributed by atoms with Gasteiger partial charge in [-0.2, -0.15) is 5.10 Å². The predicted octanol–water partition coefficient (Wildman–Crippen LogP) is 0.660. The van der Waals surface area contributed by atoms with Crippen LogP contribution in [0.1, 0.15) is 25.6 Å². The molecule has 0 saturated heterocycles. The third-order valence-corrected chi connectivity index (χ3v) is 2.50. The van der Waals surface area contributed by atoms with Gasteiger partial charge in [0.05, 0.1) is 25.9 Å². The van der Waals surface area contributed by atoms with Crippen molar-refractivity contribution in [2.45, 2.75) is 33.0 Å². The molecule has 0 aliphatic carbocycles. The van der Waals surface area contributed by atoms with Gasteiger partial charge in [0.15, 0.2) is 0 Å². The molecule has 0 saturated carbocycles. The first-order chi connectivity index (χ1) is 8.69. The van der Waals surface area contributed by atoms with Crippen molar-refractivity contribution < 1.29 is 5.11 Å². The summed E-state index contributed by atoms with van der Waals surface area (Å²) in [6, 6.07) is 2.28. The molecule has 0 aliphatic rings. The number of hydrogen-bond acceptors (Lipinski definition) is 5. The molecule has 7 heteroatoms. The highest BCUT2D eigenvalue weighted by Crippen LogP contribution is 2.08. The number of anilines is 1. The topological polar surface area (TPSA) is 80.8 Å². The molecule has 7 nitrogen and oxygen atoms in total. The average molecular weight is 250 g/mol. The van der Waals surface area contributed by atoms with E-state index in [2.05, 4.69) is 34.6 Å². The Morgan fingerprint density at radius 2 is 2.28 bits per heavy atom. The van der Waals surface area contributed by atoms with Crippen molar-refractivity contribution in [3.63, 3.8) is 0 Å². The minimum atomic E-state index is 0.0645. The lowest BCUT2D eigenvalue weighted by Gasteiger charge is -2.04. The Bertz CT molecular complexity index is 489. The van der Waals surface area contributed by atoms with E-state index in [0.717, 1.165) is 11.5 Å². The molecule has 18 heavy (non-hydrogen) atoms. The van der Waals surface area contributed by atoms with Crippen LogP contribution in [-0.4, -0.2) is 36.5 Å². The Kier molecular flexibility index (Phi) is 3.93. The summed E-state index contributed by atoms with van der Waals surface area (Å²) >= 11 is 0. The number of aliphatic hydroxyl groups is 1. The Morgan fingerprint density at radius 1 is 1.44 bits per heavy atom. The molecular weight excluding hydrogens is 232 g/mol. The summed E-state index contributed by atoms with van der Waals surface area (Å²) in [5.74, 6) is 0.820. The predicted molar refractivity (Wildman–Crippen MR) is 67.0 cm³/mol. The lowest BCUT2D eigenvalue weighted by Crippen LogP contribution is -2.04. The van der Waals surface area contributed by atoms with E-state index in [0.29, 0.717) is 19.1 Å². The van der Waals surface area contributed by atoms with Crippen molar-refractivity contribution >= 4 is 5.82 Å². The van der Waals surface area contributed by atoms with E-state index in [9.17, 15) is 0 Å². The summed E-state index contributed by atoms with van der Waals surface area (Å²) < 4.78 is 3.51. The zero-order valence-corrected chi connectivity index (χ0v) is 10.6. The number of nitrogens with one attached hydrogen (secondary N) is 1. The van der Waals surface area contributed by atoms with Crippen LogP contribution in [0, 0.1) is 0 Å². The van der Waals surface area contributed by atoms with Gasteiger partial charge >= 0.3 is 0 Å². The number of hydrogen-bond donors (Lipinski definition) is 2. The third-order valence-electron chi connectivity index (χ3n) is 2.50. The van der Waals surface area contributed by atoms with Gasteiger partial charge in [0.2, 0.25) is 0 Å². The van der Waals surface area contributed by atoms with Crippen LogP contribution in [0.2, 0.25) is 0 Å². The molecule has 98 valence electrons. The van der Waals surface area contributed by atoms with Crippen LogP contribution in [0.15, 0.2) is 18.5 Å². The molecule has 0 atom stereocenters. The summed E-state index contributed by atoms with van der Waals surface area (Å²) in [5.41, 5.74) is 0.822. The fourth-order valence-electron chi connectivity index (χ4n) is 1.53. The van der Waals surface area contributed by atoms with E-state index in [4.69, 9.17) is 5.11 Å². The van der Waals surface area contributed by atoms with E-state index in [1.807, 2.05) is 23.1 Å². The first-order valence-corrected chi connectivity index (χ1v) is 5.98. The molecule has 0 bridgehead atoms. The van der Waals surface area contributed by atoms with Gasteiger partial charge in [-0.25, -0.2) is 4.68 Å². The maximum atomic E-state index is 8.77. The molecule has 0 radical (unpaired) electrons. The van der Waals surface area contributed by atoms with Crippen molar-refractivity contribution in [3.05, 3.63) is 24.2 Å². The monoisotopic (exact) mass is 250 g/mol. The van der Waals surface area contributed by atoms with Crippen molar-refractivity contribution in [3.8, 4) is 0 Å². The van der Waals surface area contributed by atoms with Gasteiger partial charge in [-0.3, -0.25) is 4.68 Å². The Labute approximate surface area is 105 Å². The first-order valence-electron chi connectivity index (χ1n) is 5.98. The number of aromatic nitrogens is 5. The highest BCUT2D eigenvalue weighted by molar-refractivity contribution is 5.32. The van der Waals surface area contributed by atoms with Gasteiger partial charge < -0.3 is 10.4 Å². The lowest BCUT2D eigenvalue weighted by molar-refractivity contribution is 0.268. The number of rotatable bonds is 6. The first kappa shape index (κ1) is 12.6. The Hall–Kier alpha value is -1.89. The van der Waals surface area contributed by atoms with Gasteiger partial charge in [-0.05, 0) is 13.8 Å². The van der Waals surface area contributed by atoms with Crippen molar-refractivity contribution in [1.29, 1.82) is 0 Å². The van der Waals surface area contributed by atoms with Crippen LogP contribution in [0.5, 0.6) is 0 Å². The molecule has 2 rings (SSSR count). The highest BCUT2D eigenvalue weighted by Gasteiger charge is 2.03. The summed E-state index contributed by atoms with van der Waals surface area (Å²) in [5, 5.41) is 24.2. The van der Waals surface area contributed by atoms with E-state index in [1.165, 1.54) is 0 Å². The van der Waals surface area contributed by atoms with Crippen molar-refractivity contribution in [2.75, 3.05) is 11.9 Å². The molecule has 2 aromatic rings. The lowest BCUT2D eigenvalue weighted by atomic mass is 10.4. The molecule has 0 spiro atoms. The highest BCUT2D eigenvalue weighted by atomic mass is 16.3. The maximum absolute atomic E-state index is 8.77. The van der Waals surface area contributed by atoms with E-state index < -0.39 is 0 Å². The van der Waals surface area contributed by atoms with Gasteiger partial charge in [-0.15, -0.1) is 5.10 Å². The van der Waals surface area contributed by atoms with Crippen LogP contribution in [-0.2, 0) is 13.1 Å². The van der Waals surface area contributed by atoms with Crippen LogP contribution in [0.4, 0.5) is 5.82 Å². The van der Waals surface area contributed by atoms with Crippen molar-refractivity contribution in [1.82, 2.24) is 24.8 Å². The van der Waals surface area contributed by atoms with Crippen LogP contribution >= 0.6 is 0 Å². The van der Waals surface area contributed by atoms with Crippen molar-refractivity contribution in [2.24, 2.45) is 0 Å². The Morgan fingerprint density at radius 3 is 2.94 bits per heavy atom. The van der Waals surface area contributed by atoms with E-state index in [-0.39, 0.29) is 6.61 Å². The second-order valence-electron chi connectivity index (χ2n) is 4.32. The maximum Gasteiger partial charge on any atom is 0.148 e. The molecule has 2 heterocycles. The SMILES string of the molecule is CC(C)n1ccc(NCc2cn(CCO)nn2)n1. The van der Waals surface area contributed by atoms with Crippen LogP contribution < -0.4 is 5.32 Å². The molecular formula is C11H18N6O. The van der Waals surface area contributed by atoms with E-state index in [1.54, 1.807) is 4.68 Å². The van der Waals surface area contributed by atoms with Gasteiger partial charge in [0, 0.05) is 18.3 Å². The van der Waals surface area contributed by atoms with Crippen LogP contribution in [0.25, 0.3) is 0 Å². The second-order valence-corrected chi connectivity index (χ2v) is 4.32. The van der Waals surface area contributed by atoms with Gasteiger partial charge in [0.25, 0.3) is 0 Å². The summed E-state index contributed by atoms with van der Waals surface area (Å²) in [4.78, 5) is 0. The number of aliphatic hydroxyl groups excluding tert-OH is 1. The van der Waals surface area contributed by atoms with Gasteiger partial charge in [-0.1, -0.05) is 5.21 Å². The normalized spacial score (nSPS) is 11.1. The average Bonchev–Trinajstić information content (AvgIpc) is 2.95. The quantitative estimate of drug-likeness (QED) is 0.787. The zero-order chi connectivity index (χ0) is 13.0. The zero-order valence-electron chi connectivity index (χ0n) is 10.6. The Balaban J connectivity index is 1.89. The molecule has 0 aromatic carbocycles. The molecule has 2 N–H and O–H groups in total. The van der Waals surface area contributed by atoms with Crippen LogP contribution in [0.3, 0.4) is 0 Å². The molecule has 0 amide bonds. The minimum Gasteiger partial charge on any atom is -0.394 e.